The molecular weight excluding hydrogens is 727 g/mol. The summed E-state index contributed by atoms with van der Waals surface area (Å²) in [5.41, 5.74) is 1.94. The van der Waals surface area contributed by atoms with E-state index in [1.807, 2.05) is 56.3 Å². The van der Waals surface area contributed by atoms with E-state index >= 15 is 0 Å². The number of nitrogens with one attached hydrogen (secondary N) is 2. The summed E-state index contributed by atoms with van der Waals surface area (Å²) >= 11 is 0. The van der Waals surface area contributed by atoms with Crippen LogP contribution in [0, 0.1) is 5.41 Å². The average molecular weight is 792 g/mol. The predicted octanol–water partition coefficient (Wildman–Crippen LogP) is 3.62. The molecule has 0 fully saturated rings. The first-order chi connectivity index (χ1) is 26.1. The molecule has 0 radical (unpaired) electrons. The second-order valence-electron chi connectivity index (χ2n) is 15.3. The molecule has 1 aliphatic rings. The third-order valence-corrected chi connectivity index (χ3v) is 13.0. The van der Waals surface area contributed by atoms with Gasteiger partial charge in [0, 0.05) is 49.8 Å². The van der Waals surface area contributed by atoms with Gasteiger partial charge in [0.15, 0.2) is 15.9 Å². The molecule has 2 aromatic rings. The highest BCUT2D eigenvalue weighted by Gasteiger charge is 2.49. The third kappa shape index (κ3) is 12.7. The standard InChI is InChI=1S/C41H65N3O10S/c1-5-7-22-41(6-2)27-55(53,54)33-21-20-30(44(3)4)25-31(33)35(39(41)51)28-17-16-18-29(24-28)43-34(47)19-14-12-10-8-9-11-13-15-23-42-40(52)38(50)37(49)36(48)32(46)26-45/h16-18,20-21,24-25,32,35-39,45-46,48-51H,5-15,19,22-23,26-27H2,1-4H3,(H,42,52)(H,43,47)/t32-,35-,36-,37+,38-,39-,41-/m1/s1. The molecule has 0 bridgehead atoms. The zero-order chi connectivity index (χ0) is 40.8. The molecule has 310 valence electrons. The van der Waals surface area contributed by atoms with Crippen molar-refractivity contribution in [3.8, 4) is 0 Å². The minimum Gasteiger partial charge on any atom is -0.394 e. The molecule has 14 heteroatoms. The number of anilines is 2. The van der Waals surface area contributed by atoms with Crippen LogP contribution in [0.25, 0.3) is 0 Å². The number of benzene rings is 2. The van der Waals surface area contributed by atoms with E-state index in [1.165, 1.54) is 0 Å². The van der Waals surface area contributed by atoms with Crippen molar-refractivity contribution in [2.75, 3.05) is 43.2 Å². The van der Waals surface area contributed by atoms with E-state index in [-0.39, 0.29) is 23.1 Å². The van der Waals surface area contributed by atoms with Crippen molar-refractivity contribution in [2.24, 2.45) is 5.41 Å². The van der Waals surface area contributed by atoms with E-state index in [2.05, 4.69) is 17.6 Å². The van der Waals surface area contributed by atoms with Crippen LogP contribution in [-0.2, 0) is 19.4 Å². The summed E-state index contributed by atoms with van der Waals surface area (Å²) in [6, 6.07) is 12.8. The van der Waals surface area contributed by atoms with Crippen LogP contribution in [0.15, 0.2) is 47.4 Å². The summed E-state index contributed by atoms with van der Waals surface area (Å²) < 4.78 is 27.9. The zero-order valence-corrected chi connectivity index (χ0v) is 33.8. The highest BCUT2D eigenvalue weighted by molar-refractivity contribution is 7.91. The summed E-state index contributed by atoms with van der Waals surface area (Å²) in [7, 11) is 0.0905. The highest BCUT2D eigenvalue weighted by atomic mass is 32.2. The Morgan fingerprint density at radius 3 is 2.16 bits per heavy atom. The first-order valence-corrected chi connectivity index (χ1v) is 21.5. The third-order valence-electron chi connectivity index (χ3n) is 11.0. The largest absolute Gasteiger partial charge is 0.394 e. The molecular formula is C41H65N3O10S. The summed E-state index contributed by atoms with van der Waals surface area (Å²) in [6.07, 6.45) is 1.85. The SMILES string of the molecule is CCCC[C@]1(CC)CS(=O)(=O)c2ccc(N(C)C)cc2[C@@H](c2cccc(NC(=O)CCCCCCCCCCNC(=O)[C@H](O)[C@@H](O)[C@H](O)[C@H](O)CO)c2)[C@H]1O. The van der Waals surface area contributed by atoms with E-state index in [0.717, 1.165) is 69.0 Å². The van der Waals surface area contributed by atoms with Crippen LogP contribution in [0.3, 0.4) is 0 Å². The number of hydrogen-bond acceptors (Lipinski definition) is 11. The van der Waals surface area contributed by atoms with Crippen molar-refractivity contribution in [2.45, 2.75) is 139 Å². The number of fused-ring (bicyclic) bond motifs is 1. The van der Waals surface area contributed by atoms with Gasteiger partial charge in [-0.25, -0.2) is 8.42 Å². The molecule has 0 saturated carbocycles. The normalized spacial score (nSPS) is 21.4. The number of aliphatic hydroxyl groups is 6. The van der Waals surface area contributed by atoms with Crippen molar-refractivity contribution >= 4 is 33.0 Å². The van der Waals surface area contributed by atoms with E-state index in [9.17, 15) is 43.5 Å². The van der Waals surface area contributed by atoms with Gasteiger partial charge in [0.2, 0.25) is 5.91 Å². The van der Waals surface area contributed by atoms with Gasteiger partial charge in [-0.2, -0.15) is 0 Å². The number of unbranched alkanes of at least 4 members (excludes halogenated alkanes) is 8. The van der Waals surface area contributed by atoms with Gasteiger partial charge in [-0.15, -0.1) is 0 Å². The lowest BCUT2D eigenvalue weighted by Crippen LogP contribution is -2.51. The van der Waals surface area contributed by atoms with Gasteiger partial charge in [-0.05, 0) is 67.1 Å². The van der Waals surface area contributed by atoms with E-state index < -0.39 is 64.2 Å². The first kappa shape index (κ1) is 46.3. The van der Waals surface area contributed by atoms with Crippen molar-refractivity contribution in [3.05, 3.63) is 53.6 Å². The monoisotopic (exact) mass is 791 g/mol. The maximum atomic E-state index is 14.0. The minimum absolute atomic E-state index is 0.110. The molecule has 7 atom stereocenters. The Kier molecular flexibility index (Phi) is 18.5. The Morgan fingerprint density at radius 1 is 0.891 bits per heavy atom. The molecule has 1 aliphatic heterocycles. The van der Waals surface area contributed by atoms with Gasteiger partial charge in [-0.1, -0.05) is 77.3 Å². The Morgan fingerprint density at radius 2 is 1.55 bits per heavy atom. The Hall–Kier alpha value is -3.11. The molecule has 0 aliphatic carbocycles. The van der Waals surface area contributed by atoms with Crippen LogP contribution in [0.4, 0.5) is 11.4 Å². The molecule has 13 nitrogen and oxygen atoms in total. The predicted molar refractivity (Wildman–Crippen MR) is 214 cm³/mol. The fourth-order valence-electron chi connectivity index (χ4n) is 7.50. The lowest BCUT2D eigenvalue weighted by Gasteiger charge is -2.39. The molecule has 0 unspecified atom stereocenters. The van der Waals surface area contributed by atoms with Crippen LogP contribution in [0.1, 0.15) is 114 Å². The van der Waals surface area contributed by atoms with Gasteiger partial charge in [0.1, 0.15) is 18.3 Å². The summed E-state index contributed by atoms with van der Waals surface area (Å²) in [5, 5.41) is 65.3. The number of amides is 2. The lowest BCUT2D eigenvalue weighted by molar-refractivity contribution is -0.148. The number of sulfone groups is 1. The van der Waals surface area contributed by atoms with Gasteiger partial charge in [-0.3, -0.25) is 9.59 Å². The summed E-state index contributed by atoms with van der Waals surface area (Å²) in [5.74, 6) is -1.71. The van der Waals surface area contributed by atoms with Crippen molar-refractivity contribution in [3.63, 3.8) is 0 Å². The fraction of sp³-hybridized carbons (Fsp3) is 0.659. The number of rotatable bonds is 23. The molecule has 55 heavy (non-hydrogen) atoms. The molecule has 0 spiro atoms. The molecule has 0 saturated heterocycles. The van der Waals surface area contributed by atoms with Crippen molar-refractivity contribution in [1.29, 1.82) is 0 Å². The molecule has 1 heterocycles. The Labute approximate surface area is 327 Å². The van der Waals surface area contributed by atoms with Crippen LogP contribution in [0.5, 0.6) is 0 Å². The summed E-state index contributed by atoms with van der Waals surface area (Å²) in [6.45, 7) is 3.49. The van der Waals surface area contributed by atoms with Gasteiger partial charge < -0.3 is 46.2 Å². The molecule has 0 aromatic heterocycles. The molecule has 8 N–H and O–H groups in total. The molecule has 3 rings (SSSR count). The second-order valence-corrected chi connectivity index (χ2v) is 17.3. The van der Waals surface area contributed by atoms with Crippen LogP contribution in [0.2, 0.25) is 0 Å². The van der Waals surface area contributed by atoms with E-state index in [0.29, 0.717) is 36.9 Å². The number of carbonyl (C=O) groups excluding carboxylic acids is 2. The lowest BCUT2D eigenvalue weighted by atomic mass is 9.69. The Balaban J connectivity index is 1.51. The molecule has 2 amide bonds. The topological polar surface area (TPSA) is 217 Å². The van der Waals surface area contributed by atoms with Crippen LogP contribution >= 0.6 is 0 Å². The van der Waals surface area contributed by atoms with Gasteiger partial charge >= 0.3 is 0 Å². The van der Waals surface area contributed by atoms with Crippen LogP contribution in [-0.4, -0.2) is 114 Å². The first-order valence-electron chi connectivity index (χ1n) is 19.8. The maximum absolute atomic E-state index is 14.0. The van der Waals surface area contributed by atoms with Crippen molar-refractivity contribution < 1.29 is 48.6 Å². The molecule has 2 aromatic carbocycles. The highest BCUT2D eigenvalue weighted by Crippen LogP contribution is 2.49. The maximum Gasteiger partial charge on any atom is 0.251 e. The number of carbonyl (C=O) groups is 2. The number of nitrogens with zero attached hydrogens (tertiary/aromatic N) is 1. The Bertz CT molecular complexity index is 1620. The summed E-state index contributed by atoms with van der Waals surface area (Å²) in [4.78, 5) is 27.2. The second kappa shape index (κ2) is 22.0. The van der Waals surface area contributed by atoms with Crippen LogP contribution < -0.4 is 15.5 Å². The number of aliphatic hydroxyl groups excluding tert-OH is 6. The van der Waals surface area contributed by atoms with Gasteiger partial charge in [0.25, 0.3) is 5.91 Å². The zero-order valence-electron chi connectivity index (χ0n) is 33.0. The van der Waals surface area contributed by atoms with Crippen molar-refractivity contribution in [1.82, 2.24) is 5.32 Å². The number of hydrogen-bond donors (Lipinski definition) is 8. The minimum atomic E-state index is -3.71. The van der Waals surface area contributed by atoms with E-state index in [4.69, 9.17) is 5.11 Å². The fourth-order valence-corrected chi connectivity index (χ4v) is 9.75. The van der Waals surface area contributed by atoms with Gasteiger partial charge in [0.05, 0.1) is 23.4 Å². The van der Waals surface area contributed by atoms with E-state index in [1.54, 1.807) is 12.1 Å². The average Bonchev–Trinajstić information content (AvgIpc) is 3.24. The quantitative estimate of drug-likeness (QED) is 0.0761. The smallest absolute Gasteiger partial charge is 0.251 e.